The quantitative estimate of drug-likeness (QED) is 0.831. The number of carboxylic acids is 1. The van der Waals surface area contributed by atoms with Gasteiger partial charge in [-0.05, 0) is 18.1 Å². The minimum absolute atomic E-state index is 0.00556. The number of benzene rings is 1. The van der Waals surface area contributed by atoms with Gasteiger partial charge in [-0.15, -0.1) is 10.2 Å². The second kappa shape index (κ2) is 6.30. The molecular formula is C15H17N3O2S. The van der Waals surface area contributed by atoms with Crippen LogP contribution < -0.4 is 0 Å². The summed E-state index contributed by atoms with van der Waals surface area (Å²) in [6.07, 6.45) is 4.71. The van der Waals surface area contributed by atoms with E-state index in [1.54, 1.807) is 0 Å². The van der Waals surface area contributed by atoms with Crippen molar-refractivity contribution in [1.29, 1.82) is 0 Å². The van der Waals surface area contributed by atoms with Gasteiger partial charge in [0.05, 0.1) is 5.75 Å². The predicted octanol–water partition coefficient (Wildman–Crippen LogP) is 2.79. The highest BCUT2D eigenvalue weighted by molar-refractivity contribution is 7.99. The van der Waals surface area contributed by atoms with Crippen LogP contribution in [0.1, 0.15) is 25.1 Å². The van der Waals surface area contributed by atoms with E-state index in [-0.39, 0.29) is 5.75 Å². The van der Waals surface area contributed by atoms with Crippen molar-refractivity contribution in [3.8, 4) is 5.69 Å². The molecule has 0 unspecified atom stereocenters. The van der Waals surface area contributed by atoms with E-state index >= 15 is 0 Å². The largest absolute Gasteiger partial charge is 0.481 e. The van der Waals surface area contributed by atoms with Crippen molar-refractivity contribution in [3.63, 3.8) is 0 Å². The molecule has 1 N–H and O–H groups in total. The van der Waals surface area contributed by atoms with Crippen molar-refractivity contribution in [2.24, 2.45) is 5.92 Å². The molecule has 1 aliphatic carbocycles. The number of hydrogen-bond acceptors (Lipinski definition) is 4. The van der Waals surface area contributed by atoms with Crippen molar-refractivity contribution < 1.29 is 9.90 Å². The molecule has 1 aromatic carbocycles. The summed E-state index contributed by atoms with van der Waals surface area (Å²) in [6.45, 7) is 0. The van der Waals surface area contributed by atoms with Crippen LogP contribution in [0, 0.1) is 5.92 Å². The zero-order valence-electron chi connectivity index (χ0n) is 11.6. The Labute approximate surface area is 127 Å². The van der Waals surface area contributed by atoms with Gasteiger partial charge in [0.25, 0.3) is 0 Å². The maximum atomic E-state index is 10.8. The van der Waals surface area contributed by atoms with Gasteiger partial charge in [-0.1, -0.05) is 49.2 Å². The van der Waals surface area contributed by atoms with Crippen LogP contribution in [0.25, 0.3) is 5.69 Å². The van der Waals surface area contributed by atoms with Gasteiger partial charge in [0, 0.05) is 12.1 Å². The van der Waals surface area contributed by atoms with E-state index in [0.717, 1.165) is 17.9 Å². The van der Waals surface area contributed by atoms with Crippen molar-refractivity contribution in [2.45, 2.75) is 30.8 Å². The Hall–Kier alpha value is -1.82. The number of aliphatic carboxylic acids is 1. The van der Waals surface area contributed by atoms with Gasteiger partial charge in [0.2, 0.25) is 0 Å². The summed E-state index contributed by atoms with van der Waals surface area (Å²) in [6, 6.07) is 9.89. The van der Waals surface area contributed by atoms with E-state index in [0.29, 0.717) is 11.1 Å². The molecule has 0 radical (unpaired) electrons. The average Bonchev–Trinajstić information content (AvgIpc) is 2.84. The molecule has 1 heterocycles. The third-order valence-corrected chi connectivity index (χ3v) is 4.65. The SMILES string of the molecule is O=C(O)CSc1nnc(CC2CCC2)n1-c1ccccc1. The smallest absolute Gasteiger partial charge is 0.313 e. The molecular weight excluding hydrogens is 286 g/mol. The molecule has 0 atom stereocenters. The Morgan fingerprint density at radius 3 is 2.67 bits per heavy atom. The second-order valence-electron chi connectivity index (χ2n) is 5.25. The summed E-state index contributed by atoms with van der Waals surface area (Å²) in [7, 11) is 0. The second-order valence-corrected chi connectivity index (χ2v) is 6.20. The van der Waals surface area contributed by atoms with Gasteiger partial charge < -0.3 is 5.11 Å². The zero-order valence-corrected chi connectivity index (χ0v) is 12.4. The number of para-hydroxylation sites is 1. The lowest BCUT2D eigenvalue weighted by atomic mass is 9.83. The average molecular weight is 303 g/mol. The third-order valence-electron chi connectivity index (χ3n) is 3.74. The molecule has 0 bridgehead atoms. The highest BCUT2D eigenvalue weighted by atomic mass is 32.2. The van der Waals surface area contributed by atoms with Crippen LogP contribution in [-0.2, 0) is 11.2 Å². The Bertz CT molecular complexity index is 623. The molecule has 1 saturated carbocycles. The van der Waals surface area contributed by atoms with Gasteiger partial charge >= 0.3 is 5.97 Å². The zero-order chi connectivity index (χ0) is 14.7. The minimum Gasteiger partial charge on any atom is -0.481 e. The summed E-state index contributed by atoms with van der Waals surface area (Å²) in [5, 5.41) is 18.0. The van der Waals surface area contributed by atoms with Crippen LogP contribution in [0.4, 0.5) is 0 Å². The first kappa shape index (κ1) is 14.1. The van der Waals surface area contributed by atoms with E-state index < -0.39 is 5.97 Å². The standard InChI is InChI=1S/C15H17N3O2S/c19-14(20)10-21-15-17-16-13(9-11-5-4-6-11)18(15)12-7-2-1-3-8-12/h1-3,7-8,11H,4-6,9-10H2,(H,19,20). The summed E-state index contributed by atoms with van der Waals surface area (Å²) in [5.74, 6) is 0.768. The predicted molar refractivity (Wildman–Crippen MR) is 80.8 cm³/mol. The Morgan fingerprint density at radius 2 is 2.05 bits per heavy atom. The molecule has 110 valence electrons. The third kappa shape index (κ3) is 3.26. The maximum absolute atomic E-state index is 10.8. The lowest BCUT2D eigenvalue weighted by Gasteiger charge is -2.24. The molecule has 1 aromatic heterocycles. The van der Waals surface area contributed by atoms with Gasteiger partial charge in [0.1, 0.15) is 5.82 Å². The van der Waals surface area contributed by atoms with Crippen LogP contribution in [0.3, 0.4) is 0 Å². The summed E-state index contributed by atoms with van der Waals surface area (Å²) < 4.78 is 1.99. The lowest BCUT2D eigenvalue weighted by Crippen LogP contribution is -2.16. The monoisotopic (exact) mass is 303 g/mol. The van der Waals surface area contributed by atoms with Crippen LogP contribution in [0.2, 0.25) is 0 Å². The topological polar surface area (TPSA) is 68.0 Å². The van der Waals surface area contributed by atoms with E-state index in [4.69, 9.17) is 5.11 Å². The number of carboxylic acid groups (broad SMARTS) is 1. The first-order valence-corrected chi connectivity index (χ1v) is 8.07. The minimum atomic E-state index is -0.844. The van der Waals surface area contributed by atoms with Crippen molar-refractivity contribution in [2.75, 3.05) is 5.75 Å². The fraction of sp³-hybridized carbons (Fsp3) is 0.400. The van der Waals surface area contributed by atoms with Crippen LogP contribution >= 0.6 is 11.8 Å². The summed E-state index contributed by atoms with van der Waals surface area (Å²) in [5.41, 5.74) is 0.990. The molecule has 1 fully saturated rings. The molecule has 3 rings (SSSR count). The van der Waals surface area contributed by atoms with Gasteiger partial charge in [-0.25, -0.2) is 0 Å². The summed E-state index contributed by atoms with van der Waals surface area (Å²) in [4.78, 5) is 10.8. The molecule has 0 spiro atoms. The lowest BCUT2D eigenvalue weighted by molar-refractivity contribution is -0.133. The van der Waals surface area contributed by atoms with E-state index in [1.807, 2.05) is 34.9 Å². The molecule has 6 heteroatoms. The molecule has 0 amide bonds. The highest BCUT2D eigenvalue weighted by Gasteiger charge is 2.23. The molecule has 0 aliphatic heterocycles. The number of nitrogens with zero attached hydrogens (tertiary/aromatic N) is 3. The number of carbonyl (C=O) groups is 1. The van der Waals surface area contributed by atoms with E-state index in [1.165, 1.54) is 31.0 Å². The number of thioether (sulfide) groups is 1. The summed E-state index contributed by atoms with van der Waals surface area (Å²) >= 11 is 1.21. The number of hydrogen-bond donors (Lipinski definition) is 1. The van der Waals surface area contributed by atoms with Gasteiger partial charge in [-0.3, -0.25) is 9.36 Å². The Morgan fingerprint density at radius 1 is 1.29 bits per heavy atom. The van der Waals surface area contributed by atoms with Crippen LogP contribution in [0.15, 0.2) is 35.5 Å². The molecule has 0 saturated heterocycles. The molecule has 5 nitrogen and oxygen atoms in total. The number of aromatic nitrogens is 3. The van der Waals surface area contributed by atoms with Crippen molar-refractivity contribution in [1.82, 2.24) is 14.8 Å². The number of rotatable bonds is 6. The van der Waals surface area contributed by atoms with Crippen LogP contribution in [-0.4, -0.2) is 31.6 Å². The molecule has 21 heavy (non-hydrogen) atoms. The first-order chi connectivity index (χ1) is 10.2. The molecule has 2 aromatic rings. The van der Waals surface area contributed by atoms with Gasteiger partial charge in [-0.2, -0.15) is 0 Å². The fourth-order valence-corrected chi connectivity index (χ4v) is 3.13. The van der Waals surface area contributed by atoms with Crippen molar-refractivity contribution >= 4 is 17.7 Å². The Kier molecular flexibility index (Phi) is 4.24. The van der Waals surface area contributed by atoms with E-state index in [2.05, 4.69) is 10.2 Å². The first-order valence-electron chi connectivity index (χ1n) is 7.08. The fourth-order valence-electron chi connectivity index (χ4n) is 2.44. The maximum Gasteiger partial charge on any atom is 0.313 e. The highest BCUT2D eigenvalue weighted by Crippen LogP contribution is 2.31. The Balaban J connectivity index is 1.90. The van der Waals surface area contributed by atoms with E-state index in [9.17, 15) is 4.79 Å². The van der Waals surface area contributed by atoms with Crippen LogP contribution in [0.5, 0.6) is 0 Å². The van der Waals surface area contributed by atoms with Gasteiger partial charge in [0.15, 0.2) is 5.16 Å². The van der Waals surface area contributed by atoms with Crippen molar-refractivity contribution in [3.05, 3.63) is 36.2 Å². The normalized spacial score (nSPS) is 14.9. The molecule has 1 aliphatic rings.